The number of aliphatic hydroxyl groups excluding tert-OH is 2. The van der Waals surface area contributed by atoms with E-state index in [1.54, 1.807) is 0 Å². The molecule has 0 aromatic carbocycles. The first kappa shape index (κ1) is 53.8. The van der Waals surface area contributed by atoms with Crippen molar-refractivity contribution in [3.8, 4) is 0 Å². The number of ether oxygens (including phenoxy) is 1. The van der Waals surface area contributed by atoms with Crippen molar-refractivity contribution in [2.45, 2.75) is 206 Å². The molecular weight excluding hydrogens is 707 g/mol. The largest absolute Gasteiger partial charge is 0.462 e. The van der Waals surface area contributed by atoms with Crippen molar-refractivity contribution < 1.29 is 24.5 Å². The van der Waals surface area contributed by atoms with Gasteiger partial charge in [0.05, 0.1) is 25.2 Å². The number of carbonyl (C=O) groups is 2. The zero-order valence-corrected chi connectivity index (χ0v) is 36.7. The molecule has 0 spiro atoms. The second kappa shape index (κ2) is 43.9. The molecule has 3 N–H and O–H groups in total. The molecule has 0 aromatic heterocycles. The van der Waals surface area contributed by atoms with Crippen LogP contribution < -0.4 is 5.32 Å². The van der Waals surface area contributed by atoms with Crippen LogP contribution in [0, 0.1) is 0 Å². The Labute approximate surface area is 350 Å². The van der Waals surface area contributed by atoms with E-state index in [-0.39, 0.29) is 31.3 Å². The minimum absolute atomic E-state index is 0.0280. The van der Waals surface area contributed by atoms with Crippen molar-refractivity contribution in [3.63, 3.8) is 0 Å². The predicted octanol–water partition coefficient (Wildman–Crippen LogP) is 13.4. The minimum atomic E-state index is -0.810. The van der Waals surface area contributed by atoms with Gasteiger partial charge in [-0.1, -0.05) is 201 Å². The second-order valence-electron chi connectivity index (χ2n) is 15.2. The number of rotatable bonds is 39. The van der Waals surface area contributed by atoms with Crippen LogP contribution in [0.1, 0.15) is 188 Å². The summed E-state index contributed by atoms with van der Waals surface area (Å²) in [5.74, 6) is -0.596. The lowest BCUT2D eigenvalue weighted by Crippen LogP contribution is -2.46. The van der Waals surface area contributed by atoms with Gasteiger partial charge in [0, 0.05) is 6.42 Å². The highest BCUT2D eigenvalue weighted by atomic mass is 16.5. The van der Waals surface area contributed by atoms with Crippen LogP contribution in [0.4, 0.5) is 0 Å². The maximum atomic E-state index is 13.1. The zero-order chi connectivity index (χ0) is 41.7. The Morgan fingerprint density at radius 2 is 1.04 bits per heavy atom. The Bertz CT molecular complexity index is 1160. The summed E-state index contributed by atoms with van der Waals surface area (Å²) in [6.45, 7) is 6.17. The van der Waals surface area contributed by atoms with Crippen LogP contribution in [0.3, 0.4) is 0 Å². The molecule has 6 nitrogen and oxygen atoms in total. The van der Waals surface area contributed by atoms with Crippen molar-refractivity contribution in [2.75, 3.05) is 6.61 Å². The number of nitrogens with one attached hydrogen (secondary N) is 1. The number of aliphatic hydroxyl groups is 2. The number of unbranched alkanes of at least 4 members (excludes halogenated alkanes) is 15. The Kier molecular flexibility index (Phi) is 41.4. The third kappa shape index (κ3) is 39.4. The van der Waals surface area contributed by atoms with Crippen molar-refractivity contribution in [3.05, 3.63) is 97.2 Å². The number of hydrogen-bond acceptors (Lipinski definition) is 5. The summed E-state index contributed by atoms with van der Waals surface area (Å²) in [6.07, 6.45) is 57.5. The maximum absolute atomic E-state index is 13.1. The van der Waals surface area contributed by atoms with Gasteiger partial charge >= 0.3 is 5.97 Å². The first-order valence-electron chi connectivity index (χ1n) is 23.0. The Balaban J connectivity index is 4.79. The van der Waals surface area contributed by atoms with E-state index in [1.165, 1.54) is 51.4 Å². The molecule has 0 fully saturated rings. The summed E-state index contributed by atoms with van der Waals surface area (Å²) in [5.41, 5.74) is 0. The van der Waals surface area contributed by atoms with Gasteiger partial charge in [-0.25, -0.2) is 0 Å². The summed E-state index contributed by atoms with van der Waals surface area (Å²) in [6, 6.07) is -0.728. The van der Waals surface area contributed by atoms with E-state index in [4.69, 9.17) is 4.74 Å². The molecule has 324 valence electrons. The third-order valence-electron chi connectivity index (χ3n) is 9.79. The number of allylic oxidation sites excluding steroid dienone is 16. The third-order valence-corrected chi connectivity index (χ3v) is 9.79. The number of amides is 1. The zero-order valence-electron chi connectivity index (χ0n) is 36.7. The van der Waals surface area contributed by atoms with E-state index < -0.39 is 18.2 Å². The van der Waals surface area contributed by atoms with Crippen molar-refractivity contribution in [2.24, 2.45) is 0 Å². The van der Waals surface area contributed by atoms with Gasteiger partial charge in [-0.3, -0.25) is 9.59 Å². The fourth-order valence-electron chi connectivity index (χ4n) is 6.36. The molecule has 0 saturated carbocycles. The van der Waals surface area contributed by atoms with E-state index >= 15 is 0 Å². The summed E-state index contributed by atoms with van der Waals surface area (Å²) in [7, 11) is 0. The average Bonchev–Trinajstić information content (AvgIpc) is 3.20. The number of hydrogen-bond donors (Lipinski definition) is 3. The number of esters is 1. The molecule has 0 aliphatic heterocycles. The van der Waals surface area contributed by atoms with E-state index in [0.717, 1.165) is 83.5 Å². The molecule has 0 saturated heterocycles. The Morgan fingerprint density at radius 1 is 0.544 bits per heavy atom. The standard InChI is InChI=1S/C51H85NO5/c1-4-7-10-13-16-19-22-24-26-28-30-33-36-39-42-47(57-51(56)44-41-38-35-32-29-25-23-20-17-14-11-8-5-2)45-50(55)52-48(46-53)49(54)43-40-37-34-31-27-21-18-15-12-9-6-3/h7-8,10-11,14,16-17,19-20,23-26,29,32,35,47-49,53-54H,4-6,9,12-13,15,18,21-22,27-28,30-31,33-34,36-46H2,1-3H3,(H,52,55)/b10-7+,11-8+,17-14+,19-16+,23-20-,26-24+,29-25-,35-32+. The molecule has 0 aromatic rings. The molecular formula is C51H85NO5. The molecule has 0 rings (SSSR count). The fourth-order valence-corrected chi connectivity index (χ4v) is 6.36. The molecule has 3 atom stereocenters. The molecule has 0 bridgehead atoms. The molecule has 0 radical (unpaired) electrons. The van der Waals surface area contributed by atoms with E-state index in [0.29, 0.717) is 19.3 Å². The summed E-state index contributed by atoms with van der Waals surface area (Å²) in [4.78, 5) is 26.0. The van der Waals surface area contributed by atoms with Crippen LogP contribution in [0.25, 0.3) is 0 Å². The smallest absolute Gasteiger partial charge is 0.306 e. The van der Waals surface area contributed by atoms with Crippen LogP contribution in [0.15, 0.2) is 97.2 Å². The van der Waals surface area contributed by atoms with Gasteiger partial charge < -0.3 is 20.3 Å². The lowest BCUT2D eigenvalue weighted by molar-refractivity contribution is -0.151. The molecule has 0 aliphatic rings. The quantitative estimate of drug-likeness (QED) is 0.0249. The van der Waals surface area contributed by atoms with Gasteiger partial charge in [-0.15, -0.1) is 0 Å². The van der Waals surface area contributed by atoms with Gasteiger partial charge in [-0.2, -0.15) is 0 Å². The highest BCUT2D eigenvalue weighted by Crippen LogP contribution is 2.16. The van der Waals surface area contributed by atoms with Crippen LogP contribution in [-0.2, 0) is 14.3 Å². The first-order chi connectivity index (χ1) is 28.0. The SMILES string of the molecule is CC/C=C/C=C/C=C\C=C/C=C/CCCC(=O)OC(CCCCCC/C=C/C/C=C/C/C=C/CC)CC(=O)NC(CO)C(O)CCCCCCCCCCCCC. The van der Waals surface area contributed by atoms with Gasteiger partial charge in [0.2, 0.25) is 5.91 Å². The van der Waals surface area contributed by atoms with Gasteiger partial charge in [0.1, 0.15) is 6.10 Å². The van der Waals surface area contributed by atoms with E-state index in [2.05, 4.69) is 68.6 Å². The molecule has 1 amide bonds. The Morgan fingerprint density at radius 3 is 1.63 bits per heavy atom. The fraction of sp³-hybridized carbons (Fsp3) is 0.647. The van der Waals surface area contributed by atoms with E-state index in [9.17, 15) is 19.8 Å². The van der Waals surface area contributed by atoms with Crippen LogP contribution >= 0.6 is 0 Å². The van der Waals surface area contributed by atoms with Crippen LogP contribution in [-0.4, -0.2) is 46.9 Å². The molecule has 3 unspecified atom stereocenters. The molecule has 0 aliphatic carbocycles. The summed E-state index contributed by atoms with van der Waals surface area (Å²) >= 11 is 0. The highest BCUT2D eigenvalue weighted by Gasteiger charge is 2.24. The normalized spacial score (nSPS) is 14.3. The predicted molar refractivity (Wildman–Crippen MR) is 245 cm³/mol. The van der Waals surface area contributed by atoms with Crippen LogP contribution in [0.2, 0.25) is 0 Å². The first-order valence-corrected chi connectivity index (χ1v) is 23.0. The van der Waals surface area contributed by atoms with Crippen molar-refractivity contribution in [1.29, 1.82) is 0 Å². The van der Waals surface area contributed by atoms with Gasteiger partial charge in [0.25, 0.3) is 0 Å². The number of carbonyl (C=O) groups excluding carboxylic acids is 2. The second-order valence-corrected chi connectivity index (χ2v) is 15.2. The topological polar surface area (TPSA) is 95.9 Å². The van der Waals surface area contributed by atoms with Crippen molar-refractivity contribution in [1.82, 2.24) is 5.32 Å². The highest BCUT2D eigenvalue weighted by molar-refractivity contribution is 5.77. The van der Waals surface area contributed by atoms with Gasteiger partial charge in [-0.05, 0) is 70.6 Å². The Hall–Kier alpha value is -3.22. The molecule has 6 heteroatoms. The van der Waals surface area contributed by atoms with Crippen LogP contribution in [0.5, 0.6) is 0 Å². The molecule has 0 heterocycles. The summed E-state index contributed by atoms with van der Waals surface area (Å²) in [5, 5.41) is 23.6. The lowest BCUT2D eigenvalue weighted by Gasteiger charge is -2.24. The lowest BCUT2D eigenvalue weighted by atomic mass is 10.0. The van der Waals surface area contributed by atoms with Gasteiger partial charge in [0.15, 0.2) is 0 Å². The summed E-state index contributed by atoms with van der Waals surface area (Å²) < 4.78 is 5.86. The minimum Gasteiger partial charge on any atom is -0.462 e. The monoisotopic (exact) mass is 792 g/mol. The average molecular weight is 792 g/mol. The maximum Gasteiger partial charge on any atom is 0.306 e. The molecule has 57 heavy (non-hydrogen) atoms. The van der Waals surface area contributed by atoms with E-state index in [1.807, 2.05) is 54.7 Å². The van der Waals surface area contributed by atoms with Crippen molar-refractivity contribution >= 4 is 11.9 Å².